The van der Waals surface area contributed by atoms with Crippen molar-refractivity contribution in [1.29, 1.82) is 0 Å². The van der Waals surface area contributed by atoms with Crippen LogP contribution >= 0.6 is 0 Å². The molecule has 164 valence electrons. The molecule has 0 radical (unpaired) electrons. The molecule has 8 nitrogen and oxygen atoms in total. The molecule has 0 amide bonds. The van der Waals surface area contributed by atoms with Gasteiger partial charge in [-0.15, -0.1) is 0 Å². The van der Waals surface area contributed by atoms with E-state index < -0.39 is 11.9 Å². The van der Waals surface area contributed by atoms with Gasteiger partial charge in [-0.2, -0.15) is 5.10 Å². The van der Waals surface area contributed by atoms with Crippen LogP contribution in [0.4, 0.5) is 14.6 Å². The van der Waals surface area contributed by atoms with Gasteiger partial charge in [-0.05, 0) is 25.0 Å². The third-order valence-electron chi connectivity index (χ3n) is 5.41. The summed E-state index contributed by atoms with van der Waals surface area (Å²) in [6.07, 6.45) is 3.43. The number of aliphatic hydroxyl groups excluding tert-OH is 1. The minimum atomic E-state index is -0.564. The summed E-state index contributed by atoms with van der Waals surface area (Å²) in [6.45, 7) is 1.05. The van der Waals surface area contributed by atoms with Crippen LogP contribution in [0.3, 0.4) is 0 Å². The third kappa shape index (κ3) is 3.96. The molecule has 0 aliphatic carbocycles. The van der Waals surface area contributed by atoms with Crippen LogP contribution in [-0.2, 0) is 6.54 Å². The number of benzene rings is 1. The maximum absolute atomic E-state index is 14.5. The first-order valence-electron chi connectivity index (χ1n) is 10.3. The number of hydrogen-bond donors (Lipinski definition) is 1. The summed E-state index contributed by atoms with van der Waals surface area (Å²) < 4.78 is 35.3. The van der Waals surface area contributed by atoms with Crippen LogP contribution in [0.15, 0.2) is 53.4 Å². The van der Waals surface area contributed by atoms with Gasteiger partial charge in [0.05, 0.1) is 24.5 Å². The molecule has 1 saturated heterocycles. The normalized spacial score (nSPS) is 16.5. The molecule has 5 rings (SSSR count). The molecule has 1 N–H and O–H groups in total. The molecular weight excluding hydrogens is 418 g/mol. The van der Waals surface area contributed by atoms with Gasteiger partial charge in [-0.25, -0.2) is 18.7 Å². The van der Waals surface area contributed by atoms with Crippen LogP contribution in [0.2, 0.25) is 0 Å². The summed E-state index contributed by atoms with van der Waals surface area (Å²) in [6, 6.07) is 9.82. The van der Waals surface area contributed by atoms with Crippen LogP contribution in [0, 0.1) is 11.6 Å². The summed E-state index contributed by atoms with van der Waals surface area (Å²) in [5.74, 6) is -0.566. The van der Waals surface area contributed by atoms with E-state index in [9.17, 15) is 13.9 Å². The van der Waals surface area contributed by atoms with Crippen molar-refractivity contribution in [3.63, 3.8) is 0 Å². The van der Waals surface area contributed by atoms with E-state index in [0.717, 1.165) is 12.6 Å². The summed E-state index contributed by atoms with van der Waals surface area (Å²) >= 11 is 0. The van der Waals surface area contributed by atoms with Gasteiger partial charge in [0.25, 0.3) is 0 Å². The molecule has 0 saturated carbocycles. The molecule has 1 aliphatic heterocycles. The van der Waals surface area contributed by atoms with Gasteiger partial charge < -0.3 is 14.5 Å². The minimum absolute atomic E-state index is 0.125. The van der Waals surface area contributed by atoms with Crippen molar-refractivity contribution in [2.45, 2.75) is 25.5 Å². The van der Waals surface area contributed by atoms with E-state index >= 15 is 0 Å². The highest BCUT2D eigenvalue weighted by Gasteiger charge is 2.24. The highest BCUT2D eigenvalue weighted by molar-refractivity contribution is 5.63. The lowest BCUT2D eigenvalue weighted by Gasteiger charge is -2.31. The first-order chi connectivity index (χ1) is 15.6. The molecule has 10 heteroatoms. The van der Waals surface area contributed by atoms with Crippen LogP contribution < -0.4 is 4.90 Å². The Labute approximate surface area is 182 Å². The predicted molar refractivity (Wildman–Crippen MR) is 112 cm³/mol. The Kier molecular flexibility index (Phi) is 5.36. The van der Waals surface area contributed by atoms with E-state index in [4.69, 9.17) is 4.52 Å². The van der Waals surface area contributed by atoms with Gasteiger partial charge in [0.2, 0.25) is 0 Å². The standard InChI is InChI=1S/C22H20F2N6O2/c23-16-6-2-1-4-14(16)12-30-20(18-7-9-32-28-18)10-19(27-30)21-25-11-17(24)22(26-21)29-8-3-5-15(31)13-29/h1-2,4,6-7,9-11,15,31H,3,5,8,12-13H2. The summed E-state index contributed by atoms with van der Waals surface area (Å²) in [5.41, 5.74) is 1.94. The van der Waals surface area contributed by atoms with Crippen LogP contribution in [0.25, 0.3) is 22.9 Å². The Morgan fingerprint density at radius 3 is 2.78 bits per heavy atom. The average Bonchev–Trinajstić information content (AvgIpc) is 3.46. The van der Waals surface area contributed by atoms with Crippen molar-refractivity contribution < 1.29 is 18.4 Å². The molecule has 0 bridgehead atoms. The maximum Gasteiger partial charge on any atom is 0.183 e. The number of β-amino-alcohol motifs (C(OH)–C–C–N with tert-alkyl or cyclic N) is 1. The summed E-state index contributed by atoms with van der Waals surface area (Å²) in [5, 5.41) is 18.5. The van der Waals surface area contributed by atoms with E-state index in [1.54, 1.807) is 39.9 Å². The molecule has 1 aromatic carbocycles. The fraction of sp³-hybridized carbons (Fsp3) is 0.273. The average molecular weight is 438 g/mol. The number of halogens is 2. The number of aliphatic hydroxyl groups is 1. The number of anilines is 1. The fourth-order valence-electron chi connectivity index (χ4n) is 3.84. The van der Waals surface area contributed by atoms with Crippen molar-refractivity contribution in [3.05, 3.63) is 66.1 Å². The van der Waals surface area contributed by atoms with Gasteiger partial charge in [0.1, 0.15) is 23.5 Å². The van der Waals surface area contributed by atoms with E-state index in [1.807, 2.05) is 0 Å². The van der Waals surface area contributed by atoms with Gasteiger partial charge in [0, 0.05) is 24.7 Å². The van der Waals surface area contributed by atoms with E-state index in [-0.39, 0.29) is 24.0 Å². The zero-order chi connectivity index (χ0) is 22.1. The van der Waals surface area contributed by atoms with Gasteiger partial charge in [-0.1, -0.05) is 23.4 Å². The van der Waals surface area contributed by atoms with Crippen molar-refractivity contribution in [2.24, 2.45) is 0 Å². The maximum atomic E-state index is 14.5. The molecular formula is C22H20F2N6O2. The highest BCUT2D eigenvalue weighted by atomic mass is 19.1. The number of hydrogen-bond acceptors (Lipinski definition) is 7. The highest BCUT2D eigenvalue weighted by Crippen LogP contribution is 2.27. The molecule has 1 unspecified atom stereocenters. The largest absolute Gasteiger partial charge is 0.391 e. The first kappa shape index (κ1) is 20.3. The zero-order valence-corrected chi connectivity index (χ0v) is 17.0. The molecule has 3 aromatic heterocycles. The first-order valence-corrected chi connectivity index (χ1v) is 10.3. The fourth-order valence-corrected chi connectivity index (χ4v) is 3.84. The van der Waals surface area contributed by atoms with Crippen molar-refractivity contribution in [3.8, 4) is 22.9 Å². The SMILES string of the molecule is OC1CCCN(c2nc(-c3cc(-c4ccon4)n(Cc4ccccc4F)n3)ncc2F)C1. The lowest BCUT2D eigenvalue weighted by molar-refractivity contribution is 0.153. The molecule has 4 heterocycles. The monoisotopic (exact) mass is 438 g/mol. The summed E-state index contributed by atoms with van der Waals surface area (Å²) in [4.78, 5) is 10.2. The second-order valence-corrected chi connectivity index (χ2v) is 7.66. The van der Waals surface area contributed by atoms with E-state index in [1.165, 1.54) is 12.3 Å². The molecule has 1 aliphatic rings. The van der Waals surface area contributed by atoms with Gasteiger partial charge >= 0.3 is 0 Å². The van der Waals surface area contributed by atoms with Crippen molar-refractivity contribution >= 4 is 5.82 Å². The number of nitrogens with zero attached hydrogens (tertiary/aromatic N) is 6. The lowest BCUT2D eigenvalue weighted by atomic mass is 10.1. The Hall–Kier alpha value is -3.66. The smallest absolute Gasteiger partial charge is 0.183 e. The lowest BCUT2D eigenvalue weighted by Crippen LogP contribution is -2.39. The predicted octanol–water partition coefficient (Wildman–Crippen LogP) is 3.28. The number of rotatable bonds is 5. The van der Waals surface area contributed by atoms with E-state index in [0.29, 0.717) is 42.2 Å². The quantitative estimate of drug-likeness (QED) is 0.511. The Morgan fingerprint density at radius 1 is 1.12 bits per heavy atom. The Balaban J connectivity index is 1.54. The van der Waals surface area contributed by atoms with Crippen molar-refractivity contribution in [2.75, 3.05) is 18.0 Å². The number of aromatic nitrogens is 5. The second kappa shape index (κ2) is 8.46. The topological polar surface area (TPSA) is 93.1 Å². The van der Waals surface area contributed by atoms with Crippen LogP contribution in [0.5, 0.6) is 0 Å². The molecule has 1 atom stereocenters. The zero-order valence-electron chi connectivity index (χ0n) is 17.0. The van der Waals surface area contributed by atoms with Gasteiger partial charge in [0.15, 0.2) is 17.5 Å². The third-order valence-corrected chi connectivity index (χ3v) is 5.41. The minimum Gasteiger partial charge on any atom is -0.391 e. The van der Waals surface area contributed by atoms with Crippen LogP contribution in [0.1, 0.15) is 18.4 Å². The summed E-state index contributed by atoms with van der Waals surface area (Å²) in [7, 11) is 0. The Morgan fingerprint density at radius 2 is 2.00 bits per heavy atom. The molecule has 4 aromatic rings. The van der Waals surface area contributed by atoms with Crippen LogP contribution in [-0.4, -0.2) is 49.2 Å². The van der Waals surface area contributed by atoms with E-state index in [2.05, 4.69) is 20.2 Å². The Bertz CT molecular complexity index is 1230. The number of piperidine rings is 1. The molecule has 0 spiro atoms. The second-order valence-electron chi connectivity index (χ2n) is 7.66. The van der Waals surface area contributed by atoms with Crippen molar-refractivity contribution in [1.82, 2.24) is 24.9 Å². The molecule has 32 heavy (non-hydrogen) atoms. The van der Waals surface area contributed by atoms with Gasteiger partial charge in [-0.3, -0.25) is 4.68 Å². The molecule has 1 fully saturated rings.